The first-order valence-corrected chi connectivity index (χ1v) is 11.6. The van der Waals surface area contributed by atoms with Gasteiger partial charge in [0.1, 0.15) is 5.82 Å². The predicted octanol–water partition coefficient (Wildman–Crippen LogP) is 2.78. The molecule has 9 heteroatoms. The van der Waals surface area contributed by atoms with Gasteiger partial charge >= 0.3 is 0 Å². The van der Waals surface area contributed by atoms with E-state index in [1.165, 1.54) is 25.6 Å². The minimum atomic E-state index is -3.77. The maximum absolute atomic E-state index is 14.0. The molecule has 0 radical (unpaired) electrons. The van der Waals surface area contributed by atoms with Gasteiger partial charge in [-0.05, 0) is 25.0 Å². The standard InChI is InChI=1S/C19H29ClFN3O3S/c1-23(14-16-17(20)6-5-7-18(16)21)28(25,26)22-15-19(8-3-2-4-9-19)24-10-12-27-13-11-24/h5-7,22H,2-4,8-15H2,1H3. The summed E-state index contributed by atoms with van der Waals surface area (Å²) in [6.07, 6.45) is 5.32. The number of hydrogen-bond acceptors (Lipinski definition) is 4. The second kappa shape index (κ2) is 9.36. The fraction of sp³-hybridized carbons (Fsp3) is 0.684. The van der Waals surface area contributed by atoms with Gasteiger partial charge in [-0.25, -0.2) is 9.11 Å². The first kappa shape index (κ1) is 21.9. The van der Waals surface area contributed by atoms with Crippen molar-refractivity contribution in [3.05, 3.63) is 34.6 Å². The highest BCUT2D eigenvalue weighted by molar-refractivity contribution is 7.87. The van der Waals surface area contributed by atoms with Crippen molar-refractivity contribution in [1.82, 2.24) is 13.9 Å². The van der Waals surface area contributed by atoms with Crippen LogP contribution in [-0.4, -0.2) is 63.1 Å². The van der Waals surface area contributed by atoms with E-state index in [4.69, 9.17) is 16.3 Å². The monoisotopic (exact) mass is 433 g/mol. The number of benzene rings is 1. The van der Waals surface area contributed by atoms with Crippen molar-refractivity contribution >= 4 is 21.8 Å². The third-order valence-corrected chi connectivity index (χ3v) is 7.72. The van der Waals surface area contributed by atoms with Crippen molar-refractivity contribution in [1.29, 1.82) is 0 Å². The highest BCUT2D eigenvalue weighted by atomic mass is 35.5. The molecule has 1 saturated heterocycles. The highest BCUT2D eigenvalue weighted by Crippen LogP contribution is 2.34. The Balaban J connectivity index is 1.69. The van der Waals surface area contributed by atoms with Crippen molar-refractivity contribution in [3.8, 4) is 0 Å². The third-order valence-electron chi connectivity index (χ3n) is 5.90. The smallest absolute Gasteiger partial charge is 0.279 e. The zero-order chi connectivity index (χ0) is 20.2. The number of nitrogens with one attached hydrogen (secondary N) is 1. The molecule has 1 aromatic carbocycles. The van der Waals surface area contributed by atoms with Crippen LogP contribution in [0.3, 0.4) is 0 Å². The lowest BCUT2D eigenvalue weighted by Gasteiger charge is -2.48. The Labute approximate surface area is 172 Å². The number of hydrogen-bond donors (Lipinski definition) is 1. The van der Waals surface area contributed by atoms with Crippen LogP contribution in [0.15, 0.2) is 18.2 Å². The van der Waals surface area contributed by atoms with E-state index < -0.39 is 16.0 Å². The molecular formula is C19H29ClFN3O3S. The molecular weight excluding hydrogens is 405 g/mol. The van der Waals surface area contributed by atoms with E-state index in [0.717, 1.165) is 43.1 Å². The van der Waals surface area contributed by atoms with Gasteiger partial charge < -0.3 is 4.74 Å². The molecule has 1 aliphatic heterocycles. The van der Waals surface area contributed by atoms with Crippen molar-refractivity contribution in [2.24, 2.45) is 0 Å². The van der Waals surface area contributed by atoms with Gasteiger partial charge in [-0.1, -0.05) is 36.9 Å². The van der Waals surface area contributed by atoms with Gasteiger partial charge in [-0.15, -0.1) is 0 Å². The Morgan fingerprint density at radius 1 is 1.25 bits per heavy atom. The highest BCUT2D eigenvalue weighted by Gasteiger charge is 2.39. The molecule has 0 amide bonds. The molecule has 1 aromatic rings. The maximum atomic E-state index is 14.0. The Kier molecular flexibility index (Phi) is 7.33. The number of halogens is 2. The van der Waals surface area contributed by atoms with E-state index in [0.29, 0.717) is 19.8 Å². The van der Waals surface area contributed by atoms with Crippen molar-refractivity contribution in [2.45, 2.75) is 44.2 Å². The Morgan fingerprint density at radius 2 is 1.93 bits per heavy atom. The van der Waals surface area contributed by atoms with Gasteiger partial charge in [0.25, 0.3) is 10.2 Å². The minimum Gasteiger partial charge on any atom is -0.379 e. The second-order valence-corrected chi connectivity index (χ2v) is 9.94. The number of ether oxygens (including phenoxy) is 1. The molecule has 1 N–H and O–H groups in total. The van der Waals surface area contributed by atoms with Crippen molar-refractivity contribution < 1.29 is 17.5 Å². The van der Waals surface area contributed by atoms with Crippen LogP contribution in [0.5, 0.6) is 0 Å². The van der Waals surface area contributed by atoms with Crippen LogP contribution in [0, 0.1) is 5.82 Å². The molecule has 0 unspecified atom stereocenters. The summed E-state index contributed by atoms with van der Waals surface area (Å²) in [4.78, 5) is 2.38. The Bertz CT molecular complexity index is 745. The van der Waals surface area contributed by atoms with E-state index in [1.54, 1.807) is 6.07 Å². The molecule has 0 aromatic heterocycles. The molecule has 1 saturated carbocycles. The maximum Gasteiger partial charge on any atom is 0.279 e. The summed E-state index contributed by atoms with van der Waals surface area (Å²) in [5, 5.41) is 0.221. The van der Waals surface area contributed by atoms with Gasteiger partial charge in [-0.3, -0.25) is 4.90 Å². The SMILES string of the molecule is CN(Cc1c(F)cccc1Cl)S(=O)(=O)NCC1(N2CCOCC2)CCCCC1. The molecule has 0 bridgehead atoms. The summed E-state index contributed by atoms with van der Waals surface area (Å²) >= 11 is 6.05. The first-order valence-electron chi connectivity index (χ1n) is 9.81. The number of nitrogens with zero attached hydrogens (tertiary/aromatic N) is 2. The Hall–Kier alpha value is -0.770. The quantitative estimate of drug-likeness (QED) is 0.718. The molecule has 158 valence electrons. The molecule has 1 aliphatic carbocycles. The summed E-state index contributed by atoms with van der Waals surface area (Å²) in [6.45, 7) is 3.24. The van der Waals surface area contributed by atoms with Gasteiger partial charge in [0.15, 0.2) is 0 Å². The van der Waals surface area contributed by atoms with Crippen molar-refractivity contribution in [3.63, 3.8) is 0 Å². The number of morpholine rings is 1. The summed E-state index contributed by atoms with van der Waals surface area (Å²) < 4.78 is 49.1. The summed E-state index contributed by atoms with van der Waals surface area (Å²) in [5.41, 5.74) is 0.00332. The topological polar surface area (TPSA) is 61.9 Å². The summed E-state index contributed by atoms with van der Waals surface area (Å²) in [5.74, 6) is -0.508. The van der Waals surface area contributed by atoms with E-state index in [2.05, 4.69) is 9.62 Å². The molecule has 1 heterocycles. The minimum absolute atomic E-state index is 0.120. The normalized spacial score (nSPS) is 21.1. The zero-order valence-corrected chi connectivity index (χ0v) is 17.9. The van der Waals surface area contributed by atoms with Crippen LogP contribution >= 0.6 is 11.6 Å². The summed E-state index contributed by atoms with van der Waals surface area (Å²) in [7, 11) is -2.33. The molecule has 0 spiro atoms. The van der Waals surface area contributed by atoms with Crippen molar-refractivity contribution in [2.75, 3.05) is 39.9 Å². The van der Waals surface area contributed by atoms with Crippen LogP contribution in [0.2, 0.25) is 5.02 Å². The molecule has 6 nitrogen and oxygen atoms in total. The van der Waals surface area contributed by atoms with E-state index in [-0.39, 0.29) is 22.7 Å². The second-order valence-electron chi connectivity index (χ2n) is 7.67. The van der Waals surface area contributed by atoms with Gasteiger partial charge in [0.2, 0.25) is 0 Å². The van der Waals surface area contributed by atoms with Crippen LogP contribution in [-0.2, 0) is 21.5 Å². The summed E-state index contributed by atoms with van der Waals surface area (Å²) in [6, 6.07) is 4.34. The largest absolute Gasteiger partial charge is 0.379 e. The van der Waals surface area contributed by atoms with Crippen LogP contribution in [0.25, 0.3) is 0 Å². The van der Waals surface area contributed by atoms with Gasteiger partial charge in [0.05, 0.1) is 13.2 Å². The average Bonchev–Trinajstić information content (AvgIpc) is 2.70. The first-order chi connectivity index (χ1) is 13.3. The van der Waals surface area contributed by atoms with Crippen LogP contribution in [0.4, 0.5) is 4.39 Å². The fourth-order valence-electron chi connectivity index (χ4n) is 4.18. The van der Waals surface area contributed by atoms with Crippen LogP contribution < -0.4 is 4.72 Å². The van der Waals surface area contributed by atoms with Gasteiger partial charge in [-0.2, -0.15) is 12.7 Å². The van der Waals surface area contributed by atoms with Crippen LogP contribution in [0.1, 0.15) is 37.7 Å². The molecule has 28 heavy (non-hydrogen) atoms. The van der Waals surface area contributed by atoms with E-state index in [1.807, 2.05) is 0 Å². The number of rotatable bonds is 7. The van der Waals surface area contributed by atoms with Gasteiger partial charge in [0, 0.05) is 49.4 Å². The lowest BCUT2D eigenvalue weighted by atomic mass is 9.80. The lowest BCUT2D eigenvalue weighted by molar-refractivity contribution is -0.0349. The third kappa shape index (κ3) is 5.04. The molecule has 2 fully saturated rings. The average molecular weight is 434 g/mol. The molecule has 3 rings (SSSR count). The zero-order valence-electron chi connectivity index (χ0n) is 16.3. The molecule has 0 atom stereocenters. The molecule has 2 aliphatic rings. The predicted molar refractivity (Wildman–Crippen MR) is 108 cm³/mol. The van der Waals surface area contributed by atoms with E-state index in [9.17, 15) is 12.8 Å². The van der Waals surface area contributed by atoms with E-state index >= 15 is 0 Å². The Morgan fingerprint density at radius 3 is 2.57 bits per heavy atom. The lowest BCUT2D eigenvalue weighted by Crippen LogP contribution is -2.60. The fourth-order valence-corrected chi connectivity index (χ4v) is 5.37.